The fraction of sp³-hybridized carbons (Fsp3) is 0.250. The molecule has 0 heterocycles. The van der Waals surface area contributed by atoms with E-state index >= 15 is 0 Å². The second kappa shape index (κ2) is 4.61. The predicted octanol–water partition coefficient (Wildman–Crippen LogP) is 1.97. The van der Waals surface area contributed by atoms with E-state index in [1.165, 1.54) is 0 Å². The Morgan fingerprint density at radius 1 is 1.19 bits per heavy atom. The van der Waals surface area contributed by atoms with Crippen LogP contribution in [0.15, 0.2) is 46.6 Å². The Bertz CT molecular complexity index is 462. The number of allylic oxidation sites excluding steroid dienone is 1. The van der Waals surface area contributed by atoms with Gasteiger partial charge in [0.1, 0.15) is 5.76 Å². The Morgan fingerprint density at radius 2 is 1.88 bits per heavy atom. The number of carbonyl (C=O) groups excluding carboxylic acids is 1. The molecule has 0 aliphatic heterocycles. The lowest BCUT2D eigenvalue weighted by atomic mass is 10.2. The van der Waals surface area contributed by atoms with Crippen molar-refractivity contribution in [3.63, 3.8) is 0 Å². The highest BCUT2D eigenvalue weighted by atomic mass is 32.2. The summed E-state index contributed by atoms with van der Waals surface area (Å²) in [5.41, 5.74) is 0.335. The van der Waals surface area contributed by atoms with E-state index in [-0.39, 0.29) is 17.3 Å². The van der Waals surface area contributed by atoms with Crippen molar-refractivity contribution in [1.82, 2.24) is 0 Å². The van der Waals surface area contributed by atoms with Crippen LogP contribution < -0.4 is 0 Å². The molecule has 0 fully saturated rings. The molecule has 3 nitrogen and oxygen atoms in total. The summed E-state index contributed by atoms with van der Waals surface area (Å²) < 4.78 is 11.9. The van der Waals surface area contributed by atoms with Crippen molar-refractivity contribution >= 4 is 16.6 Å². The number of carbonyl (C=O) groups is 1. The Labute approximate surface area is 96.3 Å². The standard InChI is InChI=1S/C12H12O3S/c13-11-6-7-12(14)10(11)8-16(15)9-4-2-1-3-5-9/h1-5,13H,6-8H2. The van der Waals surface area contributed by atoms with Crippen LogP contribution in [0.5, 0.6) is 0 Å². The molecule has 16 heavy (non-hydrogen) atoms. The van der Waals surface area contributed by atoms with Crippen LogP contribution in [0.1, 0.15) is 12.8 Å². The Balaban J connectivity index is 2.15. The third-order valence-electron chi connectivity index (χ3n) is 2.56. The highest BCUT2D eigenvalue weighted by molar-refractivity contribution is 7.85. The number of aliphatic hydroxyl groups is 1. The van der Waals surface area contributed by atoms with E-state index in [0.29, 0.717) is 23.3 Å². The van der Waals surface area contributed by atoms with Crippen LogP contribution in [0.25, 0.3) is 0 Å². The molecule has 0 spiro atoms. The van der Waals surface area contributed by atoms with Gasteiger partial charge in [0.15, 0.2) is 5.78 Å². The number of rotatable bonds is 3. The lowest BCUT2D eigenvalue weighted by molar-refractivity contribution is -0.114. The number of ketones is 1. The minimum Gasteiger partial charge on any atom is -0.512 e. The van der Waals surface area contributed by atoms with Gasteiger partial charge in [0, 0.05) is 23.3 Å². The number of benzene rings is 1. The first-order valence-electron chi connectivity index (χ1n) is 5.06. The second-order valence-corrected chi connectivity index (χ2v) is 5.10. The molecular weight excluding hydrogens is 224 g/mol. The maximum atomic E-state index is 11.9. The van der Waals surface area contributed by atoms with E-state index in [1.54, 1.807) is 24.3 Å². The van der Waals surface area contributed by atoms with E-state index in [2.05, 4.69) is 0 Å². The lowest BCUT2D eigenvalue weighted by Crippen LogP contribution is -2.07. The highest BCUT2D eigenvalue weighted by Gasteiger charge is 2.24. The first-order chi connectivity index (χ1) is 7.68. The average Bonchev–Trinajstić information content (AvgIpc) is 2.62. The summed E-state index contributed by atoms with van der Waals surface area (Å²) in [5, 5.41) is 9.48. The van der Waals surface area contributed by atoms with E-state index in [4.69, 9.17) is 0 Å². The number of Topliss-reactive ketones (excluding diaryl/α,β-unsaturated/α-hetero) is 1. The van der Waals surface area contributed by atoms with Crippen LogP contribution in [-0.2, 0) is 15.6 Å². The Hall–Kier alpha value is -1.42. The third-order valence-corrected chi connectivity index (χ3v) is 3.90. The molecule has 1 aliphatic carbocycles. The largest absolute Gasteiger partial charge is 0.512 e. The van der Waals surface area contributed by atoms with E-state index in [9.17, 15) is 14.1 Å². The van der Waals surface area contributed by atoms with Crippen molar-refractivity contribution in [3.8, 4) is 0 Å². The quantitative estimate of drug-likeness (QED) is 0.873. The van der Waals surface area contributed by atoms with Gasteiger partial charge in [0.2, 0.25) is 0 Å². The molecule has 1 N–H and O–H groups in total. The zero-order valence-electron chi connectivity index (χ0n) is 8.68. The third kappa shape index (κ3) is 2.22. The maximum Gasteiger partial charge on any atom is 0.163 e. The molecule has 0 aromatic heterocycles. The van der Waals surface area contributed by atoms with Crippen LogP contribution in [0.3, 0.4) is 0 Å². The molecule has 1 aromatic rings. The summed E-state index contributed by atoms with van der Waals surface area (Å²) in [4.78, 5) is 12.1. The van der Waals surface area contributed by atoms with Crippen molar-refractivity contribution in [2.45, 2.75) is 17.7 Å². The van der Waals surface area contributed by atoms with Crippen molar-refractivity contribution in [3.05, 3.63) is 41.7 Å². The summed E-state index contributed by atoms with van der Waals surface area (Å²) in [6.07, 6.45) is 0.729. The molecule has 1 aliphatic rings. The zero-order chi connectivity index (χ0) is 11.5. The van der Waals surface area contributed by atoms with Gasteiger partial charge in [-0.3, -0.25) is 9.00 Å². The Morgan fingerprint density at radius 3 is 2.44 bits per heavy atom. The maximum absolute atomic E-state index is 11.9. The molecule has 84 valence electrons. The van der Waals surface area contributed by atoms with Gasteiger partial charge in [-0.2, -0.15) is 0 Å². The molecule has 0 amide bonds. The molecule has 0 saturated heterocycles. The number of aliphatic hydroxyl groups excluding tert-OH is 1. The average molecular weight is 236 g/mol. The van der Waals surface area contributed by atoms with Crippen LogP contribution in [0, 0.1) is 0 Å². The molecule has 0 radical (unpaired) electrons. The van der Waals surface area contributed by atoms with Gasteiger partial charge in [-0.1, -0.05) is 18.2 Å². The molecule has 1 aromatic carbocycles. The summed E-state index contributed by atoms with van der Waals surface area (Å²) in [7, 11) is -1.25. The minimum atomic E-state index is -1.25. The minimum absolute atomic E-state index is 0.0817. The molecule has 2 rings (SSSR count). The van der Waals surface area contributed by atoms with E-state index in [0.717, 1.165) is 0 Å². The predicted molar refractivity (Wildman–Crippen MR) is 61.6 cm³/mol. The van der Waals surface area contributed by atoms with Crippen molar-refractivity contribution in [1.29, 1.82) is 0 Å². The topological polar surface area (TPSA) is 54.4 Å². The first kappa shape index (κ1) is 11.1. The SMILES string of the molecule is O=C1CCC(O)=C1CS(=O)c1ccccc1. The fourth-order valence-electron chi connectivity index (χ4n) is 1.65. The van der Waals surface area contributed by atoms with Gasteiger partial charge < -0.3 is 5.11 Å². The van der Waals surface area contributed by atoms with Crippen LogP contribution in [0.2, 0.25) is 0 Å². The van der Waals surface area contributed by atoms with E-state index < -0.39 is 10.8 Å². The summed E-state index contributed by atoms with van der Waals surface area (Å²) in [6.45, 7) is 0. The van der Waals surface area contributed by atoms with Crippen molar-refractivity contribution in [2.24, 2.45) is 0 Å². The van der Waals surface area contributed by atoms with Gasteiger partial charge in [-0.05, 0) is 12.1 Å². The van der Waals surface area contributed by atoms with Crippen molar-refractivity contribution in [2.75, 3.05) is 5.75 Å². The number of hydrogen-bond donors (Lipinski definition) is 1. The van der Waals surface area contributed by atoms with Gasteiger partial charge in [-0.25, -0.2) is 0 Å². The van der Waals surface area contributed by atoms with Gasteiger partial charge >= 0.3 is 0 Å². The molecule has 1 atom stereocenters. The van der Waals surface area contributed by atoms with Crippen LogP contribution >= 0.6 is 0 Å². The summed E-state index contributed by atoms with van der Waals surface area (Å²) in [6, 6.07) is 8.97. The monoisotopic (exact) mass is 236 g/mol. The molecule has 0 saturated carbocycles. The molecule has 0 bridgehead atoms. The lowest BCUT2D eigenvalue weighted by Gasteiger charge is -2.02. The molecular formula is C12H12O3S. The van der Waals surface area contributed by atoms with Crippen molar-refractivity contribution < 1.29 is 14.1 Å². The zero-order valence-corrected chi connectivity index (χ0v) is 9.50. The first-order valence-corrected chi connectivity index (χ1v) is 6.38. The van der Waals surface area contributed by atoms with Gasteiger partial charge in [0.25, 0.3) is 0 Å². The number of hydrogen-bond acceptors (Lipinski definition) is 3. The van der Waals surface area contributed by atoms with Crippen LogP contribution in [-0.4, -0.2) is 20.9 Å². The van der Waals surface area contributed by atoms with Gasteiger partial charge in [0.05, 0.1) is 16.6 Å². The summed E-state index contributed by atoms with van der Waals surface area (Å²) >= 11 is 0. The fourth-order valence-corrected chi connectivity index (χ4v) is 2.86. The molecule has 4 heteroatoms. The smallest absolute Gasteiger partial charge is 0.163 e. The highest BCUT2D eigenvalue weighted by Crippen LogP contribution is 2.22. The van der Waals surface area contributed by atoms with E-state index in [1.807, 2.05) is 6.07 Å². The van der Waals surface area contributed by atoms with Gasteiger partial charge in [-0.15, -0.1) is 0 Å². The second-order valence-electron chi connectivity index (χ2n) is 3.65. The summed E-state index contributed by atoms with van der Waals surface area (Å²) in [5.74, 6) is 0.144. The molecule has 1 unspecified atom stereocenters. The Kier molecular flexibility index (Phi) is 3.19. The normalized spacial score (nSPS) is 17.9. The van der Waals surface area contributed by atoms with Crippen LogP contribution in [0.4, 0.5) is 0 Å².